The van der Waals surface area contributed by atoms with Crippen LogP contribution in [0.15, 0.2) is 48.5 Å². The maximum atomic E-state index is 11.9. The second-order valence-corrected chi connectivity index (χ2v) is 5.51. The van der Waals surface area contributed by atoms with Crippen molar-refractivity contribution >= 4 is 29.5 Å². The quantitative estimate of drug-likeness (QED) is 0.531. The van der Waals surface area contributed by atoms with Gasteiger partial charge in [-0.3, -0.25) is 9.59 Å². The van der Waals surface area contributed by atoms with Crippen molar-refractivity contribution in [2.45, 2.75) is 0 Å². The van der Waals surface area contributed by atoms with Crippen molar-refractivity contribution < 1.29 is 28.6 Å². The normalized spacial score (nSPS) is 10.4. The van der Waals surface area contributed by atoms with Gasteiger partial charge >= 0.3 is 5.97 Å². The molecule has 0 aliphatic heterocycles. The molecule has 8 heteroatoms. The first-order chi connectivity index (χ1) is 13.4. The molecule has 28 heavy (non-hydrogen) atoms. The van der Waals surface area contributed by atoms with Gasteiger partial charge in [0.1, 0.15) is 0 Å². The Hall–Kier alpha value is -3.81. The molecule has 2 rings (SSSR count). The van der Waals surface area contributed by atoms with E-state index in [9.17, 15) is 14.4 Å². The number of nitrogens with one attached hydrogen (secondary N) is 1. The van der Waals surface area contributed by atoms with Crippen LogP contribution in [0.25, 0.3) is 6.08 Å². The van der Waals surface area contributed by atoms with Crippen molar-refractivity contribution in [1.29, 1.82) is 0 Å². The lowest BCUT2D eigenvalue weighted by atomic mass is 10.1. The van der Waals surface area contributed by atoms with Crippen LogP contribution in [-0.2, 0) is 14.3 Å². The van der Waals surface area contributed by atoms with E-state index in [0.717, 1.165) is 0 Å². The van der Waals surface area contributed by atoms with Gasteiger partial charge in [-0.2, -0.15) is 0 Å². The third kappa shape index (κ3) is 5.60. The Morgan fingerprint density at radius 1 is 1.04 bits per heavy atom. The Labute approximate surface area is 161 Å². The fraction of sp³-hybridized carbons (Fsp3) is 0.150. The maximum absolute atomic E-state index is 11.9. The molecule has 0 radical (unpaired) electrons. The van der Waals surface area contributed by atoms with Gasteiger partial charge in [0.05, 0.1) is 14.2 Å². The molecule has 146 valence electrons. The van der Waals surface area contributed by atoms with Crippen molar-refractivity contribution in [2.24, 2.45) is 5.73 Å². The van der Waals surface area contributed by atoms with E-state index in [1.165, 1.54) is 50.6 Å². The smallest absolute Gasteiger partial charge is 0.331 e. The Balaban J connectivity index is 1.89. The van der Waals surface area contributed by atoms with Gasteiger partial charge in [0, 0.05) is 22.9 Å². The Morgan fingerprint density at radius 3 is 2.36 bits per heavy atom. The van der Waals surface area contributed by atoms with E-state index in [0.29, 0.717) is 28.3 Å². The van der Waals surface area contributed by atoms with Crippen molar-refractivity contribution in [2.75, 3.05) is 26.1 Å². The highest BCUT2D eigenvalue weighted by atomic mass is 16.5. The molecule has 0 fully saturated rings. The molecular weight excluding hydrogens is 364 g/mol. The number of nitrogens with two attached hydrogens (primary N) is 1. The van der Waals surface area contributed by atoms with E-state index in [1.807, 2.05) is 0 Å². The van der Waals surface area contributed by atoms with Crippen molar-refractivity contribution in [3.63, 3.8) is 0 Å². The van der Waals surface area contributed by atoms with Crippen LogP contribution in [0, 0.1) is 0 Å². The largest absolute Gasteiger partial charge is 0.493 e. The molecule has 0 heterocycles. The number of hydrogen-bond donors (Lipinski definition) is 2. The third-order valence-electron chi connectivity index (χ3n) is 3.63. The SMILES string of the molecule is COc1cccc(C=CC(=O)OCC(=O)Nc2ccc(C(N)=O)cc2)c1OC. The van der Waals surface area contributed by atoms with Crippen LogP contribution in [0.1, 0.15) is 15.9 Å². The number of hydrogen-bond acceptors (Lipinski definition) is 6. The number of anilines is 1. The minimum atomic E-state index is -0.691. The fourth-order valence-electron chi connectivity index (χ4n) is 2.30. The lowest BCUT2D eigenvalue weighted by molar-refractivity contribution is -0.142. The monoisotopic (exact) mass is 384 g/mol. The number of para-hydroxylation sites is 1. The van der Waals surface area contributed by atoms with Crippen LogP contribution in [0.5, 0.6) is 11.5 Å². The van der Waals surface area contributed by atoms with Crippen molar-refractivity contribution in [1.82, 2.24) is 0 Å². The Kier molecular flexibility index (Phi) is 7.15. The van der Waals surface area contributed by atoms with Crippen molar-refractivity contribution in [3.05, 3.63) is 59.7 Å². The molecule has 2 aromatic rings. The van der Waals surface area contributed by atoms with Gasteiger partial charge in [0.25, 0.3) is 5.91 Å². The van der Waals surface area contributed by atoms with Crippen molar-refractivity contribution in [3.8, 4) is 11.5 Å². The molecular formula is C20H20N2O6. The number of amides is 2. The van der Waals surface area contributed by atoms with Crippen LogP contribution in [-0.4, -0.2) is 38.6 Å². The van der Waals surface area contributed by atoms with E-state index in [2.05, 4.69) is 5.32 Å². The van der Waals surface area contributed by atoms with Gasteiger partial charge in [0.2, 0.25) is 5.91 Å². The van der Waals surface area contributed by atoms with E-state index in [1.54, 1.807) is 18.2 Å². The van der Waals surface area contributed by atoms with Crippen LogP contribution in [0.4, 0.5) is 5.69 Å². The summed E-state index contributed by atoms with van der Waals surface area (Å²) in [6.45, 7) is -0.462. The van der Waals surface area contributed by atoms with Crippen LogP contribution < -0.4 is 20.5 Å². The molecule has 0 aliphatic carbocycles. The van der Waals surface area contributed by atoms with Gasteiger partial charge < -0.3 is 25.3 Å². The van der Waals surface area contributed by atoms with Gasteiger partial charge in [0.15, 0.2) is 18.1 Å². The zero-order valence-electron chi connectivity index (χ0n) is 15.4. The minimum Gasteiger partial charge on any atom is -0.493 e. The van der Waals surface area contributed by atoms with Crippen LogP contribution >= 0.6 is 0 Å². The summed E-state index contributed by atoms with van der Waals surface area (Å²) in [6, 6.07) is 11.2. The summed E-state index contributed by atoms with van der Waals surface area (Å²) in [5.74, 6) is -0.770. The molecule has 0 saturated carbocycles. The fourth-order valence-corrected chi connectivity index (χ4v) is 2.30. The van der Waals surface area contributed by atoms with E-state index in [-0.39, 0.29) is 0 Å². The Morgan fingerprint density at radius 2 is 1.75 bits per heavy atom. The molecule has 0 aromatic heterocycles. The zero-order chi connectivity index (χ0) is 20.5. The maximum Gasteiger partial charge on any atom is 0.331 e. The molecule has 0 unspecified atom stereocenters. The minimum absolute atomic E-state index is 0.322. The number of ether oxygens (including phenoxy) is 3. The third-order valence-corrected chi connectivity index (χ3v) is 3.63. The number of carbonyl (C=O) groups excluding carboxylic acids is 3. The van der Waals surface area contributed by atoms with Gasteiger partial charge in [-0.25, -0.2) is 4.79 Å². The van der Waals surface area contributed by atoms with E-state index < -0.39 is 24.4 Å². The summed E-state index contributed by atoms with van der Waals surface area (Å²) < 4.78 is 15.4. The summed E-state index contributed by atoms with van der Waals surface area (Å²) in [5, 5.41) is 2.54. The lowest BCUT2D eigenvalue weighted by Crippen LogP contribution is -2.20. The molecule has 0 saturated heterocycles. The highest BCUT2D eigenvalue weighted by Gasteiger charge is 2.09. The number of carbonyl (C=O) groups is 3. The average molecular weight is 384 g/mol. The molecule has 0 spiro atoms. The first kappa shape index (κ1) is 20.5. The van der Waals surface area contributed by atoms with Crippen LogP contribution in [0.2, 0.25) is 0 Å². The second kappa shape index (κ2) is 9.77. The molecule has 2 aromatic carbocycles. The van der Waals surface area contributed by atoms with Crippen LogP contribution in [0.3, 0.4) is 0 Å². The number of methoxy groups -OCH3 is 2. The standard InChI is InChI=1S/C20H20N2O6/c1-26-16-5-3-4-13(19(16)27-2)8-11-18(24)28-12-17(23)22-15-9-6-14(7-10-15)20(21)25/h3-11H,12H2,1-2H3,(H2,21,25)(H,22,23). The molecule has 0 bridgehead atoms. The first-order valence-corrected chi connectivity index (χ1v) is 8.20. The van der Waals surface area contributed by atoms with Gasteiger partial charge in [-0.1, -0.05) is 12.1 Å². The second-order valence-electron chi connectivity index (χ2n) is 5.51. The predicted octanol–water partition coefficient (Wildman–Crippen LogP) is 2.00. The van der Waals surface area contributed by atoms with Gasteiger partial charge in [-0.15, -0.1) is 0 Å². The molecule has 2 amide bonds. The number of benzene rings is 2. The number of primary amides is 1. The number of esters is 1. The molecule has 3 N–H and O–H groups in total. The summed E-state index contributed by atoms with van der Waals surface area (Å²) in [7, 11) is 3.01. The predicted molar refractivity (Wildman–Crippen MR) is 103 cm³/mol. The van der Waals surface area contributed by atoms with E-state index >= 15 is 0 Å². The lowest BCUT2D eigenvalue weighted by Gasteiger charge is -2.09. The Bertz CT molecular complexity index is 890. The number of rotatable bonds is 8. The topological polar surface area (TPSA) is 117 Å². The zero-order valence-corrected chi connectivity index (χ0v) is 15.4. The molecule has 8 nitrogen and oxygen atoms in total. The van der Waals surface area contributed by atoms with E-state index in [4.69, 9.17) is 19.9 Å². The highest BCUT2D eigenvalue weighted by molar-refractivity contribution is 5.96. The first-order valence-electron chi connectivity index (χ1n) is 8.20. The summed E-state index contributed by atoms with van der Waals surface area (Å²) >= 11 is 0. The van der Waals surface area contributed by atoms with Gasteiger partial charge in [-0.05, 0) is 36.4 Å². The highest BCUT2D eigenvalue weighted by Crippen LogP contribution is 2.31. The summed E-state index contributed by atoms with van der Waals surface area (Å²) in [6.07, 6.45) is 2.69. The molecule has 0 aliphatic rings. The average Bonchev–Trinajstić information content (AvgIpc) is 2.70. The molecule has 0 atom stereocenters. The summed E-state index contributed by atoms with van der Waals surface area (Å²) in [5.41, 5.74) is 6.54. The summed E-state index contributed by atoms with van der Waals surface area (Å²) in [4.78, 5) is 34.7.